The van der Waals surface area contributed by atoms with Crippen molar-refractivity contribution in [3.63, 3.8) is 0 Å². The topological polar surface area (TPSA) is 95.9 Å². The molecule has 0 saturated carbocycles. The minimum absolute atomic E-state index is 0.156. The molecule has 150 valence electrons. The van der Waals surface area contributed by atoms with Crippen molar-refractivity contribution in [2.45, 2.75) is 26.2 Å². The molecule has 6 nitrogen and oxygen atoms in total. The molecule has 0 spiro atoms. The van der Waals surface area contributed by atoms with Crippen LogP contribution < -0.4 is 5.32 Å². The van der Waals surface area contributed by atoms with Crippen LogP contribution in [0.25, 0.3) is 10.8 Å². The van der Waals surface area contributed by atoms with Crippen molar-refractivity contribution in [2.75, 3.05) is 11.9 Å². The largest absolute Gasteiger partial charge is 0.507 e. The fourth-order valence-electron chi connectivity index (χ4n) is 3.03. The van der Waals surface area contributed by atoms with Crippen molar-refractivity contribution in [3.8, 4) is 11.5 Å². The maximum absolute atomic E-state index is 12.3. The third-order valence-electron chi connectivity index (χ3n) is 4.92. The Bertz CT molecular complexity index is 1040. The molecular formula is C23H23NO5. The number of hydrogen-bond donors (Lipinski definition) is 3. The Morgan fingerprint density at radius 1 is 1.03 bits per heavy atom. The number of phenolic OH excluding ortho intramolecular Hbond substituents is 2. The van der Waals surface area contributed by atoms with E-state index in [2.05, 4.69) is 19.2 Å². The number of anilines is 1. The molecule has 0 aromatic heterocycles. The Morgan fingerprint density at radius 2 is 1.69 bits per heavy atom. The second-order valence-corrected chi connectivity index (χ2v) is 6.89. The predicted molar refractivity (Wildman–Crippen MR) is 111 cm³/mol. The lowest BCUT2D eigenvalue weighted by Crippen LogP contribution is -2.21. The number of hydrogen-bond acceptors (Lipinski definition) is 5. The molecule has 0 bridgehead atoms. The lowest BCUT2D eigenvalue weighted by Gasteiger charge is -2.11. The van der Waals surface area contributed by atoms with Crippen molar-refractivity contribution in [1.82, 2.24) is 0 Å². The number of benzene rings is 3. The number of nitrogens with one attached hydrogen (secondary N) is 1. The average molecular weight is 393 g/mol. The lowest BCUT2D eigenvalue weighted by atomic mass is 9.99. The van der Waals surface area contributed by atoms with Gasteiger partial charge in [-0.2, -0.15) is 0 Å². The van der Waals surface area contributed by atoms with Gasteiger partial charge >= 0.3 is 5.97 Å². The number of phenols is 2. The zero-order valence-electron chi connectivity index (χ0n) is 16.3. The van der Waals surface area contributed by atoms with Crippen molar-refractivity contribution in [2.24, 2.45) is 0 Å². The SMILES string of the molecule is CC[C@@H](C)c1ccc(NC(=O)COC(=O)c2cc(O)c3ccccc3c2O)cc1. The standard InChI is InChI=1S/C23H23NO5/c1-3-14(2)15-8-10-16(11-9-15)24-21(26)13-29-23(28)19-12-20(25)17-6-4-5-7-18(17)22(19)27/h4-12,14,25,27H,3,13H2,1-2H3,(H,24,26)/t14-/m1/s1. The number of carbonyl (C=O) groups excluding carboxylic acids is 2. The van der Waals surface area contributed by atoms with Crippen molar-refractivity contribution < 1.29 is 24.5 Å². The van der Waals surface area contributed by atoms with Crippen molar-refractivity contribution in [3.05, 3.63) is 65.7 Å². The number of amides is 1. The maximum atomic E-state index is 12.3. The Balaban J connectivity index is 1.64. The highest BCUT2D eigenvalue weighted by Crippen LogP contribution is 2.35. The van der Waals surface area contributed by atoms with Crippen LogP contribution in [-0.2, 0) is 9.53 Å². The van der Waals surface area contributed by atoms with E-state index in [4.69, 9.17) is 4.74 Å². The van der Waals surface area contributed by atoms with Gasteiger partial charge in [-0.05, 0) is 36.1 Å². The molecular weight excluding hydrogens is 370 g/mol. The molecule has 0 heterocycles. The summed E-state index contributed by atoms with van der Waals surface area (Å²) in [4.78, 5) is 24.4. The van der Waals surface area contributed by atoms with Gasteiger partial charge in [-0.1, -0.05) is 50.2 Å². The molecule has 0 saturated heterocycles. The van der Waals surface area contributed by atoms with E-state index in [0.717, 1.165) is 12.5 Å². The number of rotatable bonds is 6. The quantitative estimate of drug-likeness (QED) is 0.421. The number of esters is 1. The van der Waals surface area contributed by atoms with Gasteiger partial charge in [-0.15, -0.1) is 0 Å². The number of carbonyl (C=O) groups is 2. The maximum Gasteiger partial charge on any atom is 0.342 e. The number of ether oxygens (including phenoxy) is 1. The molecule has 6 heteroatoms. The van der Waals surface area contributed by atoms with Gasteiger partial charge in [0.15, 0.2) is 6.61 Å². The number of fused-ring (bicyclic) bond motifs is 1. The molecule has 1 atom stereocenters. The zero-order valence-corrected chi connectivity index (χ0v) is 16.3. The summed E-state index contributed by atoms with van der Waals surface area (Å²) in [6, 6.07) is 15.2. The van der Waals surface area contributed by atoms with Crippen molar-refractivity contribution in [1.29, 1.82) is 0 Å². The van der Waals surface area contributed by atoms with Gasteiger partial charge in [0, 0.05) is 16.5 Å². The summed E-state index contributed by atoms with van der Waals surface area (Å²) >= 11 is 0. The molecule has 0 aliphatic rings. The predicted octanol–water partition coefficient (Wildman–Crippen LogP) is 4.56. The average Bonchev–Trinajstić information content (AvgIpc) is 2.74. The van der Waals surface area contributed by atoms with Crippen LogP contribution in [0.4, 0.5) is 5.69 Å². The molecule has 3 aromatic rings. The third kappa shape index (κ3) is 4.48. The highest BCUT2D eigenvalue weighted by molar-refractivity contribution is 6.04. The summed E-state index contributed by atoms with van der Waals surface area (Å²) in [6.45, 7) is 3.73. The fourth-order valence-corrected chi connectivity index (χ4v) is 3.03. The molecule has 1 amide bonds. The highest BCUT2D eigenvalue weighted by atomic mass is 16.5. The Labute approximate surface area is 168 Å². The normalized spacial score (nSPS) is 11.8. The van der Waals surface area contributed by atoms with E-state index in [1.807, 2.05) is 12.1 Å². The fraction of sp³-hybridized carbons (Fsp3) is 0.217. The third-order valence-corrected chi connectivity index (χ3v) is 4.92. The van der Waals surface area contributed by atoms with Crippen LogP contribution in [0.1, 0.15) is 42.1 Å². The minimum atomic E-state index is -0.897. The zero-order chi connectivity index (χ0) is 21.0. The molecule has 0 aliphatic carbocycles. The Hall–Kier alpha value is -3.54. The van der Waals surface area contributed by atoms with Gasteiger partial charge in [-0.3, -0.25) is 4.79 Å². The minimum Gasteiger partial charge on any atom is -0.507 e. The van der Waals surface area contributed by atoms with E-state index in [-0.39, 0.29) is 17.1 Å². The monoisotopic (exact) mass is 393 g/mol. The first-order valence-corrected chi connectivity index (χ1v) is 9.41. The summed E-state index contributed by atoms with van der Waals surface area (Å²) in [7, 11) is 0. The summed E-state index contributed by atoms with van der Waals surface area (Å²) in [5.74, 6) is -1.42. The van der Waals surface area contributed by atoms with Crippen LogP contribution in [0.2, 0.25) is 0 Å². The van der Waals surface area contributed by atoms with Crippen LogP contribution in [0.3, 0.4) is 0 Å². The van der Waals surface area contributed by atoms with Gasteiger partial charge in [0.25, 0.3) is 5.91 Å². The van der Waals surface area contributed by atoms with Crippen molar-refractivity contribution >= 4 is 28.3 Å². The number of aromatic hydroxyl groups is 2. The molecule has 3 N–H and O–H groups in total. The van der Waals surface area contributed by atoms with E-state index in [9.17, 15) is 19.8 Å². The smallest absolute Gasteiger partial charge is 0.342 e. The van der Waals surface area contributed by atoms with Crippen LogP contribution in [-0.4, -0.2) is 28.7 Å². The van der Waals surface area contributed by atoms with Gasteiger partial charge in [-0.25, -0.2) is 4.79 Å². The van der Waals surface area contributed by atoms with Crippen LogP contribution >= 0.6 is 0 Å². The molecule has 0 radical (unpaired) electrons. The second-order valence-electron chi connectivity index (χ2n) is 6.89. The van der Waals surface area contributed by atoms with Crippen LogP contribution in [0.5, 0.6) is 11.5 Å². The van der Waals surface area contributed by atoms with E-state index < -0.39 is 18.5 Å². The van der Waals surface area contributed by atoms with E-state index in [0.29, 0.717) is 22.4 Å². The molecule has 0 aliphatic heterocycles. The summed E-state index contributed by atoms with van der Waals surface area (Å²) in [5.41, 5.74) is 1.58. The van der Waals surface area contributed by atoms with Crippen LogP contribution in [0.15, 0.2) is 54.6 Å². The molecule has 3 aromatic carbocycles. The Kier molecular flexibility index (Phi) is 6.02. The lowest BCUT2D eigenvalue weighted by molar-refractivity contribution is -0.119. The first-order valence-electron chi connectivity index (χ1n) is 9.41. The second kappa shape index (κ2) is 8.65. The first-order chi connectivity index (χ1) is 13.9. The van der Waals surface area contributed by atoms with Crippen LogP contribution in [0, 0.1) is 0 Å². The summed E-state index contributed by atoms with van der Waals surface area (Å²) in [5, 5.41) is 23.8. The summed E-state index contributed by atoms with van der Waals surface area (Å²) in [6.07, 6.45) is 1.03. The first kappa shape index (κ1) is 20.2. The van der Waals surface area contributed by atoms with Gasteiger partial charge in [0.05, 0.1) is 0 Å². The van der Waals surface area contributed by atoms with E-state index in [1.165, 1.54) is 5.56 Å². The Morgan fingerprint density at radius 3 is 2.34 bits per heavy atom. The van der Waals surface area contributed by atoms with E-state index >= 15 is 0 Å². The molecule has 3 rings (SSSR count). The molecule has 29 heavy (non-hydrogen) atoms. The highest BCUT2D eigenvalue weighted by Gasteiger charge is 2.19. The molecule has 0 fully saturated rings. The van der Waals surface area contributed by atoms with E-state index in [1.54, 1.807) is 36.4 Å². The molecule has 0 unspecified atom stereocenters. The van der Waals surface area contributed by atoms with Gasteiger partial charge in [0.2, 0.25) is 0 Å². The van der Waals surface area contributed by atoms with Gasteiger partial charge in [0.1, 0.15) is 17.1 Å². The summed E-state index contributed by atoms with van der Waals surface area (Å²) < 4.78 is 5.00. The van der Waals surface area contributed by atoms with Gasteiger partial charge < -0.3 is 20.3 Å².